The summed E-state index contributed by atoms with van der Waals surface area (Å²) < 4.78 is 2.01. The van der Waals surface area contributed by atoms with Crippen molar-refractivity contribution in [3.8, 4) is 22.5 Å². The standard InChI is InChI=1S/C19H18ClN2O2/c1-3-17-19(14-7-5-4-6-8-14)22(24)18(13(2)21(17)23)15-9-11-16(20)12-10-15/h4-12,23H,3H2,1-2H3/q+1. The molecule has 1 N–H and O–H groups in total. The van der Waals surface area contributed by atoms with Gasteiger partial charge in [0.05, 0.1) is 15.6 Å². The van der Waals surface area contributed by atoms with E-state index in [4.69, 9.17) is 11.6 Å². The van der Waals surface area contributed by atoms with Gasteiger partial charge in [-0.1, -0.05) is 36.7 Å². The Balaban J connectivity index is 2.38. The molecule has 0 aliphatic rings. The van der Waals surface area contributed by atoms with Crippen LogP contribution in [0, 0.1) is 11.8 Å². The number of halogens is 1. The number of nitrogens with zero attached hydrogens (tertiary/aromatic N) is 2. The van der Waals surface area contributed by atoms with Crippen molar-refractivity contribution in [3.63, 3.8) is 0 Å². The van der Waals surface area contributed by atoms with E-state index in [2.05, 4.69) is 0 Å². The van der Waals surface area contributed by atoms with Crippen molar-refractivity contribution in [1.29, 1.82) is 0 Å². The zero-order chi connectivity index (χ0) is 17.3. The van der Waals surface area contributed by atoms with E-state index in [-0.39, 0.29) is 0 Å². The molecule has 0 aliphatic carbocycles. The normalized spacial score (nSPS) is 10.8. The maximum Gasteiger partial charge on any atom is 0.293 e. The second-order valence-electron chi connectivity index (χ2n) is 5.56. The molecule has 0 bridgehead atoms. The highest BCUT2D eigenvalue weighted by molar-refractivity contribution is 6.30. The second-order valence-corrected chi connectivity index (χ2v) is 6.00. The van der Waals surface area contributed by atoms with Gasteiger partial charge in [0.25, 0.3) is 11.4 Å². The van der Waals surface area contributed by atoms with Gasteiger partial charge in [0, 0.05) is 9.93 Å². The Labute approximate surface area is 145 Å². The summed E-state index contributed by atoms with van der Waals surface area (Å²) in [6.45, 7) is 3.64. The minimum absolute atomic E-state index is 0.408. The molecule has 3 aromatic rings. The molecule has 0 unspecified atom stereocenters. The Morgan fingerprint density at radius 3 is 2.17 bits per heavy atom. The van der Waals surface area contributed by atoms with Crippen LogP contribution in [0.25, 0.3) is 22.5 Å². The molecule has 5 heteroatoms. The summed E-state index contributed by atoms with van der Waals surface area (Å²) in [5, 5.41) is 11.2. The van der Waals surface area contributed by atoms with Crippen molar-refractivity contribution in [3.05, 3.63) is 75.9 Å². The highest BCUT2D eigenvalue weighted by atomic mass is 35.5. The van der Waals surface area contributed by atoms with E-state index < -0.39 is 0 Å². The van der Waals surface area contributed by atoms with E-state index in [9.17, 15) is 10.1 Å². The second kappa shape index (κ2) is 6.49. The smallest absolute Gasteiger partial charge is 0.293 e. The highest BCUT2D eigenvalue weighted by Gasteiger charge is 2.29. The molecule has 4 nitrogen and oxygen atoms in total. The van der Waals surface area contributed by atoms with Crippen molar-refractivity contribution in [2.24, 2.45) is 0 Å². The first-order valence-corrected chi connectivity index (χ1v) is 8.14. The fourth-order valence-electron chi connectivity index (χ4n) is 2.91. The molecule has 0 saturated heterocycles. The Hall–Kier alpha value is -2.59. The van der Waals surface area contributed by atoms with E-state index in [0.29, 0.717) is 39.8 Å². The lowest BCUT2D eigenvalue weighted by molar-refractivity contribution is -0.472. The SMILES string of the molecule is CCc1c(-c2ccccc2)[n+](=O)c(-c2ccc(Cl)cc2)c(C)n1O. The third-order valence-corrected chi connectivity index (χ3v) is 4.35. The molecular formula is C19H18ClN2O2+. The van der Waals surface area contributed by atoms with Crippen molar-refractivity contribution in [2.45, 2.75) is 20.3 Å². The van der Waals surface area contributed by atoms with Crippen LogP contribution < -0.4 is 4.43 Å². The summed E-state index contributed by atoms with van der Waals surface area (Å²) in [6.07, 6.45) is 0.532. The number of benzene rings is 2. The summed E-state index contributed by atoms with van der Waals surface area (Å²) in [5.41, 5.74) is 3.40. The number of hydrogen-bond acceptors (Lipinski definition) is 2. The molecule has 0 aliphatic heterocycles. The fourth-order valence-corrected chi connectivity index (χ4v) is 3.04. The summed E-state index contributed by atoms with van der Waals surface area (Å²) >= 11 is 5.95. The first-order valence-electron chi connectivity index (χ1n) is 7.76. The Bertz CT molecular complexity index is 932. The largest absolute Gasteiger partial charge is 0.428 e. The van der Waals surface area contributed by atoms with E-state index >= 15 is 0 Å². The fraction of sp³-hybridized carbons (Fsp3) is 0.158. The summed E-state index contributed by atoms with van der Waals surface area (Å²) in [5.74, 6) is 0. The predicted molar refractivity (Wildman–Crippen MR) is 95.0 cm³/mol. The van der Waals surface area contributed by atoms with E-state index in [1.54, 1.807) is 31.2 Å². The monoisotopic (exact) mass is 341 g/mol. The van der Waals surface area contributed by atoms with Crippen LogP contribution in [0.15, 0.2) is 54.6 Å². The minimum Gasteiger partial charge on any atom is -0.428 e. The van der Waals surface area contributed by atoms with Gasteiger partial charge in [-0.3, -0.25) is 0 Å². The third kappa shape index (κ3) is 2.69. The Morgan fingerprint density at radius 1 is 1.00 bits per heavy atom. The molecule has 0 amide bonds. The van der Waals surface area contributed by atoms with Gasteiger partial charge in [0.1, 0.15) is 11.4 Å². The minimum atomic E-state index is 0.408. The van der Waals surface area contributed by atoms with E-state index in [0.717, 1.165) is 14.7 Å². The van der Waals surface area contributed by atoms with Crippen LogP contribution in [0.1, 0.15) is 18.3 Å². The molecule has 122 valence electrons. The van der Waals surface area contributed by atoms with Gasteiger partial charge in [-0.2, -0.15) is 4.73 Å². The highest BCUT2D eigenvalue weighted by Crippen LogP contribution is 2.27. The molecule has 1 aromatic heterocycles. The lowest BCUT2D eigenvalue weighted by atomic mass is 10.0. The third-order valence-electron chi connectivity index (χ3n) is 4.10. The molecule has 24 heavy (non-hydrogen) atoms. The van der Waals surface area contributed by atoms with Crippen LogP contribution in [0.4, 0.5) is 0 Å². The molecule has 3 rings (SSSR count). The van der Waals surface area contributed by atoms with Crippen LogP contribution in [0.2, 0.25) is 5.02 Å². The first kappa shape index (κ1) is 16.3. The molecule has 0 fully saturated rings. The average Bonchev–Trinajstić information content (AvgIpc) is 2.60. The van der Waals surface area contributed by atoms with Crippen LogP contribution >= 0.6 is 11.6 Å². The van der Waals surface area contributed by atoms with Gasteiger partial charge in [0.15, 0.2) is 0 Å². The van der Waals surface area contributed by atoms with Crippen LogP contribution in [-0.4, -0.2) is 9.94 Å². The average molecular weight is 342 g/mol. The molecule has 0 radical (unpaired) electrons. The van der Waals surface area contributed by atoms with E-state index in [1.165, 1.54) is 0 Å². The zero-order valence-electron chi connectivity index (χ0n) is 13.5. The van der Waals surface area contributed by atoms with Gasteiger partial charge < -0.3 is 5.21 Å². The lowest BCUT2D eigenvalue weighted by Gasteiger charge is -2.11. The lowest BCUT2D eigenvalue weighted by Crippen LogP contribution is -2.29. The Morgan fingerprint density at radius 2 is 1.58 bits per heavy atom. The zero-order valence-corrected chi connectivity index (χ0v) is 14.3. The number of rotatable bonds is 3. The van der Waals surface area contributed by atoms with Crippen molar-refractivity contribution < 1.29 is 9.63 Å². The topological polar surface area (TPSA) is 48.1 Å². The molecule has 1 heterocycles. The predicted octanol–water partition coefficient (Wildman–Crippen LogP) is 4.50. The van der Waals surface area contributed by atoms with Gasteiger partial charge in [-0.05, 0) is 49.7 Å². The summed E-state index contributed by atoms with van der Waals surface area (Å²) in [7, 11) is 0. The van der Waals surface area contributed by atoms with Crippen molar-refractivity contribution >= 4 is 11.6 Å². The van der Waals surface area contributed by atoms with Gasteiger partial charge >= 0.3 is 0 Å². The van der Waals surface area contributed by atoms with Crippen molar-refractivity contribution in [2.75, 3.05) is 0 Å². The maximum absolute atomic E-state index is 13.2. The maximum atomic E-state index is 13.2. The van der Waals surface area contributed by atoms with Crippen LogP contribution in [0.3, 0.4) is 0 Å². The summed E-state index contributed by atoms with van der Waals surface area (Å²) in [6, 6.07) is 16.4. The molecule has 0 atom stereocenters. The van der Waals surface area contributed by atoms with Gasteiger partial charge in [-0.25, -0.2) is 0 Å². The van der Waals surface area contributed by atoms with Crippen molar-refractivity contribution in [1.82, 2.24) is 4.73 Å². The summed E-state index contributed by atoms with van der Waals surface area (Å²) in [4.78, 5) is 13.2. The first-order chi connectivity index (χ1) is 11.5. The van der Waals surface area contributed by atoms with Crippen LogP contribution in [0.5, 0.6) is 0 Å². The van der Waals surface area contributed by atoms with Crippen LogP contribution in [-0.2, 0) is 6.42 Å². The number of hydrogen-bond donors (Lipinski definition) is 1. The van der Waals surface area contributed by atoms with E-state index in [1.807, 2.05) is 37.3 Å². The molecular weight excluding hydrogens is 324 g/mol. The Kier molecular flexibility index (Phi) is 4.40. The molecule has 0 saturated carbocycles. The van der Waals surface area contributed by atoms with Gasteiger partial charge in [0.2, 0.25) is 0 Å². The van der Waals surface area contributed by atoms with Gasteiger partial charge in [-0.15, -0.1) is 0 Å². The molecule has 0 spiro atoms. The quantitative estimate of drug-likeness (QED) is 0.563. The molecule has 2 aromatic carbocycles. The number of aromatic nitrogens is 2.